The largest absolute Gasteiger partial charge is 0.484 e. The molecule has 0 fully saturated rings. The van der Waals surface area contributed by atoms with Crippen molar-refractivity contribution in [3.05, 3.63) is 42.5 Å². The van der Waals surface area contributed by atoms with E-state index in [1.165, 1.54) is 7.11 Å². The second-order valence-corrected chi connectivity index (χ2v) is 5.50. The van der Waals surface area contributed by atoms with Gasteiger partial charge in [0, 0.05) is 13.7 Å². The summed E-state index contributed by atoms with van der Waals surface area (Å²) in [4.78, 5) is 11.7. The lowest BCUT2D eigenvalue weighted by Gasteiger charge is -2.22. The summed E-state index contributed by atoms with van der Waals surface area (Å²) >= 11 is 0. The topological polar surface area (TPSA) is 67.8 Å². The summed E-state index contributed by atoms with van der Waals surface area (Å²) in [6, 6.07) is 13.6. The maximum Gasteiger partial charge on any atom is 0.258 e. The van der Waals surface area contributed by atoms with Gasteiger partial charge in [0.15, 0.2) is 6.61 Å². The smallest absolute Gasteiger partial charge is 0.258 e. The molecule has 2 aromatic carbocycles. The normalized spacial score (nSPS) is 13.6. The lowest BCUT2D eigenvalue weighted by atomic mass is 10.1. The maximum absolute atomic E-state index is 11.7. The monoisotopic (exact) mass is 303 g/mol. The third-order valence-electron chi connectivity index (χ3n) is 3.21. The van der Waals surface area contributed by atoms with Crippen molar-refractivity contribution >= 4 is 16.7 Å². The Morgan fingerprint density at radius 3 is 2.68 bits per heavy atom. The summed E-state index contributed by atoms with van der Waals surface area (Å²) in [5, 5.41) is 14.7. The molecule has 5 heteroatoms. The summed E-state index contributed by atoms with van der Waals surface area (Å²) in [5.74, 6) is 0.349. The van der Waals surface area contributed by atoms with Gasteiger partial charge >= 0.3 is 0 Å². The molecule has 0 saturated carbocycles. The molecule has 0 aliphatic rings. The molecule has 0 bridgehead atoms. The zero-order valence-corrected chi connectivity index (χ0v) is 12.8. The summed E-state index contributed by atoms with van der Waals surface area (Å²) in [6.45, 7) is 1.77. The molecule has 1 atom stereocenters. The fraction of sp³-hybridized carbons (Fsp3) is 0.353. The molecular weight excluding hydrogens is 282 g/mol. The van der Waals surface area contributed by atoms with Gasteiger partial charge in [-0.3, -0.25) is 4.79 Å². The van der Waals surface area contributed by atoms with Crippen molar-refractivity contribution in [2.45, 2.75) is 12.5 Å². The third kappa shape index (κ3) is 4.72. The predicted molar refractivity (Wildman–Crippen MR) is 85.0 cm³/mol. The van der Waals surface area contributed by atoms with E-state index in [4.69, 9.17) is 9.47 Å². The number of rotatable bonds is 7. The minimum atomic E-state index is -1.09. The molecule has 0 aliphatic heterocycles. The Hall–Kier alpha value is -2.11. The van der Waals surface area contributed by atoms with Gasteiger partial charge in [-0.25, -0.2) is 0 Å². The summed E-state index contributed by atoms with van der Waals surface area (Å²) in [5.41, 5.74) is -1.09. The van der Waals surface area contributed by atoms with Crippen LogP contribution in [0.4, 0.5) is 0 Å². The van der Waals surface area contributed by atoms with Gasteiger partial charge in [-0.15, -0.1) is 0 Å². The van der Waals surface area contributed by atoms with E-state index >= 15 is 0 Å². The van der Waals surface area contributed by atoms with Gasteiger partial charge in [0.2, 0.25) is 0 Å². The number of fused-ring (bicyclic) bond motifs is 1. The van der Waals surface area contributed by atoms with E-state index in [1.807, 2.05) is 42.5 Å². The summed E-state index contributed by atoms with van der Waals surface area (Å²) in [7, 11) is 1.50. The Balaban J connectivity index is 1.85. The number of carbonyl (C=O) groups is 1. The molecular formula is C17H21NO4. The highest BCUT2D eigenvalue weighted by Gasteiger charge is 2.20. The Bertz CT molecular complexity index is 639. The Morgan fingerprint density at radius 2 is 1.95 bits per heavy atom. The van der Waals surface area contributed by atoms with Crippen LogP contribution in [-0.2, 0) is 9.53 Å². The highest BCUT2D eigenvalue weighted by atomic mass is 16.5. The van der Waals surface area contributed by atoms with E-state index in [1.54, 1.807) is 6.92 Å². The first-order valence-corrected chi connectivity index (χ1v) is 7.10. The number of hydrogen-bond donors (Lipinski definition) is 2. The molecule has 2 rings (SSSR count). The Labute approximate surface area is 129 Å². The van der Waals surface area contributed by atoms with Crippen LogP contribution in [0.3, 0.4) is 0 Å². The number of carbonyl (C=O) groups excluding carboxylic acids is 1. The van der Waals surface area contributed by atoms with Crippen LogP contribution in [0.15, 0.2) is 42.5 Å². The second kappa shape index (κ2) is 7.24. The Morgan fingerprint density at radius 1 is 1.23 bits per heavy atom. The number of benzene rings is 2. The van der Waals surface area contributed by atoms with E-state index in [9.17, 15) is 9.90 Å². The number of hydrogen-bond acceptors (Lipinski definition) is 4. The van der Waals surface area contributed by atoms with Crippen LogP contribution in [0.5, 0.6) is 5.75 Å². The van der Waals surface area contributed by atoms with Crippen LogP contribution in [0, 0.1) is 0 Å². The number of nitrogens with one attached hydrogen (secondary N) is 1. The Kier molecular flexibility index (Phi) is 5.35. The summed E-state index contributed by atoms with van der Waals surface area (Å²) < 4.78 is 10.4. The minimum absolute atomic E-state index is 0.0958. The van der Waals surface area contributed by atoms with Crippen LogP contribution >= 0.6 is 0 Å². The average molecular weight is 303 g/mol. The van der Waals surface area contributed by atoms with Gasteiger partial charge in [0.1, 0.15) is 11.4 Å². The maximum atomic E-state index is 11.7. The van der Waals surface area contributed by atoms with Crippen LogP contribution < -0.4 is 10.1 Å². The predicted octanol–water partition coefficient (Wildman–Crippen LogP) is 1.73. The van der Waals surface area contributed by atoms with Crippen LogP contribution in [0.1, 0.15) is 6.92 Å². The molecule has 5 nitrogen and oxygen atoms in total. The molecule has 0 radical (unpaired) electrons. The van der Waals surface area contributed by atoms with Crippen molar-refractivity contribution in [3.8, 4) is 5.75 Å². The van der Waals surface area contributed by atoms with E-state index in [0.717, 1.165) is 10.8 Å². The lowest BCUT2D eigenvalue weighted by molar-refractivity contribution is -0.124. The number of ether oxygens (including phenoxy) is 2. The van der Waals surface area contributed by atoms with Crippen molar-refractivity contribution in [3.63, 3.8) is 0 Å². The van der Waals surface area contributed by atoms with Crippen molar-refractivity contribution < 1.29 is 19.4 Å². The van der Waals surface area contributed by atoms with E-state index in [0.29, 0.717) is 5.75 Å². The molecule has 0 spiro atoms. The summed E-state index contributed by atoms with van der Waals surface area (Å²) in [6.07, 6.45) is 0. The van der Waals surface area contributed by atoms with Gasteiger partial charge in [-0.05, 0) is 29.8 Å². The van der Waals surface area contributed by atoms with Crippen LogP contribution in [0.2, 0.25) is 0 Å². The van der Waals surface area contributed by atoms with Gasteiger partial charge in [-0.1, -0.05) is 30.3 Å². The van der Waals surface area contributed by atoms with Crippen LogP contribution in [-0.4, -0.2) is 43.5 Å². The van der Waals surface area contributed by atoms with Crippen molar-refractivity contribution in [2.24, 2.45) is 0 Å². The van der Waals surface area contributed by atoms with E-state index in [-0.39, 0.29) is 25.7 Å². The van der Waals surface area contributed by atoms with Crippen molar-refractivity contribution in [1.29, 1.82) is 0 Å². The number of amides is 1. The fourth-order valence-corrected chi connectivity index (χ4v) is 2.11. The van der Waals surface area contributed by atoms with Crippen LogP contribution in [0.25, 0.3) is 10.8 Å². The molecule has 0 aliphatic carbocycles. The fourth-order valence-electron chi connectivity index (χ4n) is 2.11. The SMILES string of the molecule is COCC(C)(O)CNC(=O)COc1ccc2ccccc2c1. The molecule has 2 aromatic rings. The number of aliphatic hydroxyl groups is 1. The van der Waals surface area contributed by atoms with Gasteiger partial charge in [0.25, 0.3) is 5.91 Å². The molecule has 1 unspecified atom stereocenters. The molecule has 1 amide bonds. The first kappa shape index (κ1) is 16.3. The zero-order chi connectivity index (χ0) is 16.0. The molecule has 22 heavy (non-hydrogen) atoms. The standard InChI is InChI=1S/C17H21NO4/c1-17(20,12-21-2)11-18-16(19)10-22-15-8-7-13-5-3-4-6-14(13)9-15/h3-9,20H,10-12H2,1-2H3,(H,18,19). The first-order valence-electron chi connectivity index (χ1n) is 7.10. The molecule has 0 saturated heterocycles. The quantitative estimate of drug-likeness (QED) is 0.817. The van der Waals surface area contributed by atoms with Gasteiger partial charge < -0.3 is 19.9 Å². The molecule has 2 N–H and O–H groups in total. The number of methoxy groups -OCH3 is 1. The molecule has 118 valence electrons. The third-order valence-corrected chi connectivity index (χ3v) is 3.21. The van der Waals surface area contributed by atoms with Gasteiger partial charge in [0.05, 0.1) is 6.61 Å². The second-order valence-electron chi connectivity index (χ2n) is 5.50. The van der Waals surface area contributed by atoms with Crippen molar-refractivity contribution in [2.75, 3.05) is 26.9 Å². The van der Waals surface area contributed by atoms with E-state index in [2.05, 4.69) is 5.32 Å². The van der Waals surface area contributed by atoms with Crippen molar-refractivity contribution in [1.82, 2.24) is 5.32 Å². The lowest BCUT2D eigenvalue weighted by Crippen LogP contribution is -2.45. The minimum Gasteiger partial charge on any atom is -0.484 e. The zero-order valence-electron chi connectivity index (χ0n) is 12.8. The highest BCUT2D eigenvalue weighted by Crippen LogP contribution is 2.20. The molecule has 0 aromatic heterocycles. The highest BCUT2D eigenvalue weighted by molar-refractivity contribution is 5.84. The average Bonchev–Trinajstić information content (AvgIpc) is 2.51. The van der Waals surface area contributed by atoms with E-state index < -0.39 is 5.60 Å². The van der Waals surface area contributed by atoms with Gasteiger partial charge in [-0.2, -0.15) is 0 Å². The molecule has 0 heterocycles. The first-order chi connectivity index (χ1) is 10.5.